The van der Waals surface area contributed by atoms with E-state index in [1.807, 2.05) is 37.4 Å². The van der Waals surface area contributed by atoms with E-state index in [1.54, 1.807) is 17.0 Å². The zero-order valence-corrected chi connectivity index (χ0v) is 14.6. The molecule has 1 N–H and O–H groups in total. The Bertz CT molecular complexity index is 876. The highest BCUT2D eigenvalue weighted by molar-refractivity contribution is 9.10. The van der Waals surface area contributed by atoms with Crippen LogP contribution in [-0.4, -0.2) is 29.2 Å². The van der Waals surface area contributed by atoms with Crippen LogP contribution < -0.4 is 9.64 Å². The summed E-state index contributed by atoms with van der Waals surface area (Å²) in [6, 6.07) is 13.2. The average Bonchev–Trinajstić information content (AvgIpc) is 2.97. The maximum atomic E-state index is 10.8. The van der Waals surface area contributed by atoms with Gasteiger partial charge < -0.3 is 14.3 Å². The molecule has 1 heterocycles. The second-order valence-electron chi connectivity index (χ2n) is 5.26. The number of aromatic nitrogens is 1. The first-order chi connectivity index (χ1) is 11.4. The molecule has 0 aliphatic rings. The summed E-state index contributed by atoms with van der Waals surface area (Å²) in [5.41, 5.74) is 2.31. The third-order valence-electron chi connectivity index (χ3n) is 3.51. The van der Waals surface area contributed by atoms with Gasteiger partial charge in [-0.3, -0.25) is 4.90 Å². The average molecular weight is 391 g/mol. The quantitative estimate of drug-likeness (QED) is 0.702. The number of benzene rings is 2. The minimum absolute atomic E-state index is 0.468. The topological polar surface area (TPSA) is 75.8 Å². The SMILES string of the molecule is CC(Oc1ccc(N(C)c2nc3cc(Br)ccc3o2)cc1)C(=O)O. The number of carbonyl (C=O) groups is 1. The fourth-order valence-corrected chi connectivity index (χ4v) is 2.49. The van der Waals surface area contributed by atoms with E-state index < -0.39 is 12.1 Å². The maximum Gasteiger partial charge on any atom is 0.344 e. The van der Waals surface area contributed by atoms with Crippen molar-refractivity contribution in [2.24, 2.45) is 0 Å². The molecule has 7 heteroatoms. The van der Waals surface area contributed by atoms with Gasteiger partial charge in [0.15, 0.2) is 11.7 Å². The number of oxazole rings is 1. The van der Waals surface area contributed by atoms with Crippen LogP contribution in [0.4, 0.5) is 11.7 Å². The summed E-state index contributed by atoms with van der Waals surface area (Å²) in [4.78, 5) is 17.1. The van der Waals surface area contributed by atoms with Crippen molar-refractivity contribution >= 4 is 44.7 Å². The van der Waals surface area contributed by atoms with Crippen LogP contribution in [0.15, 0.2) is 51.4 Å². The van der Waals surface area contributed by atoms with Gasteiger partial charge in [-0.1, -0.05) is 15.9 Å². The minimum Gasteiger partial charge on any atom is -0.479 e. The first-order valence-electron chi connectivity index (χ1n) is 7.23. The summed E-state index contributed by atoms with van der Waals surface area (Å²) in [5.74, 6) is -0.516. The standard InChI is InChI=1S/C17H15BrN2O4/c1-10(16(21)22)23-13-6-4-12(5-7-13)20(2)17-19-14-9-11(18)3-8-15(14)24-17/h3-10H,1-2H3,(H,21,22). The summed E-state index contributed by atoms with van der Waals surface area (Å²) < 4.78 is 12.0. The monoisotopic (exact) mass is 390 g/mol. The molecule has 0 aliphatic carbocycles. The Morgan fingerprint density at radius 3 is 2.67 bits per heavy atom. The van der Waals surface area contributed by atoms with E-state index in [1.165, 1.54) is 6.92 Å². The van der Waals surface area contributed by atoms with Gasteiger partial charge in [0, 0.05) is 17.2 Å². The summed E-state index contributed by atoms with van der Waals surface area (Å²) in [6.07, 6.45) is -0.899. The lowest BCUT2D eigenvalue weighted by Gasteiger charge is -2.16. The molecule has 0 saturated heterocycles. The van der Waals surface area contributed by atoms with Crippen molar-refractivity contribution < 1.29 is 19.1 Å². The number of hydrogen-bond acceptors (Lipinski definition) is 5. The number of aliphatic carboxylic acids is 1. The van der Waals surface area contributed by atoms with Crippen molar-refractivity contribution in [1.82, 2.24) is 4.98 Å². The summed E-state index contributed by atoms with van der Waals surface area (Å²) in [6.45, 7) is 1.48. The van der Waals surface area contributed by atoms with Crippen LogP contribution in [0.1, 0.15) is 6.92 Å². The maximum absolute atomic E-state index is 10.8. The van der Waals surface area contributed by atoms with Gasteiger partial charge in [0.05, 0.1) is 0 Å². The van der Waals surface area contributed by atoms with E-state index in [9.17, 15) is 4.79 Å². The largest absolute Gasteiger partial charge is 0.479 e. The first-order valence-corrected chi connectivity index (χ1v) is 8.02. The molecular weight excluding hydrogens is 376 g/mol. The summed E-state index contributed by atoms with van der Waals surface area (Å²) in [5, 5.41) is 8.87. The number of halogens is 1. The Balaban J connectivity index is 1.81. The van der Waals surface area contributed by atoms with Crippen LogP contribution >= 0.6 is 15.9 Å². The molecule has 0 amide bonds. The molecule has 3 aromatic rings. The van der Waals surface area contributed by atoms with Crippen LogP contribution in [0.2, 0.25) is 0 Å². The fraction of sp³-hybridized carbons (Fsp3) is 0.176. The van der Waals surface area contributed by atoms with Crippen molar-refractivity contribution in [2.75, 3.05) is 11.9 Å². The highest BCUT2D eigenvalue weighted by Crippen LogP contribution is 2.29. The summed E-state index contributed by atoms with van der Waals surface area (Å²) >= 11 is 3.41. The van der Waals surface area contributed by atoms with Crippen molar-refractivity contribution in [1.29, 1.82) is 0 Å². The van der Waals surface area contributed by atoms with E-state index in [-0.39, 0.29) is 0 Å². The minimum atomic E-state index is -1.01. The lowest BCUT2D eigenvalue weighted by atomic mass is 10.3. The van der Waals surface area contributed by atoms with E-state index in [4.69, 9.17) is 14.3 Å². The zero-order chi connectivity index (χ0) is 17.3. The van der Waals surface area contributed by atoms with Crippen LogP contribution in [-0.2, 0) is 4.79 Å². The molecule has 2 aromatic carbocycles. The predicted octanol–water partition coefficient (Wildman–Crippen LogP) is 4.21. The summed E-state index contributed by atoms with van der Waals surface area (Å²) in [7, 11) is 1.84. The van der Waals surface area contributed by atoms with E-state index in [2.05, 4.69) is 20.9 Å². The number of carboxylic acid groups (broad SMARTS) is 1. The highest BCUT2D eigenvalue weighted by Gasteiger charge is 2.14. The molecule has 1 atom stereocenters. The number of ether oxygens (including phenoxy) is 1. The number of anilines is 2. The van der Waals surface area contributed by atoms with Crippen LogP contribution in [0.25, 0.3) is 11.1 Å². The Kier molecular flexibility index (Phi) is 4.44. The van der Waals surface area contributed by atoms with Crippen molar-refractivity contribution in [3.05, 3.63) is 46.9 Å². The third kappa shape index (κ3) is 3.35. The normalized spacial score (nSPS) is 12.1. The lowest BCUT2D eigenvalue weighted by Crippen LogP contribution is -2.22. The van der Waals surface area contributed by atoms with Gasteiger partial charge in [-0.25, -0.2) is 4.79 Å². The molecule has 6 nitrogen and oxygen atoms in total. The molecule has 124 valence electrons. The Morgan fingerprint density at radius 2 is 2.00 bits per heavy atom. The molecule has 24 heavy (non-hydrogen) atoms. The van der Waals surface area contributed by atoms with Gasteiger partial charge >= 0.3 is 12.0 Å². The predicted molar refractivity (Wildman–Crippen MR) is 93.9 cm³/mol. The third-order valence-corrected chi connectivity index (χ3v) is 4.00. The Hall–Kier alpha value is -2.54. The first kappa shape index (κ1) is 16.3. The molecule has 0 spiro atoms. The second-order valence-corrected chi connectivity index (χ2v) is 6.18. The van der Waals surface area contributed by atoms with Gasteiger partial charge in [0.1, 0.15) is 11.3 Å². The molecule has 3 rings (SSSR count). The molecule has 0 radical (unpaired) electrons. The highest BCUT2D eigenvalue weighted by atomic mass is 79.9. The van der Waals surface area contributed by atoms with Gasteiger partial charge in [-0.2, -0.15) is 4.98 Å². The van der Waals surface area contributed by atoms with Crippen molar-refractivity contribution in [3.63, 3.8) is 0 Å². The molecule has 0 aliphatic heterocycles. The van der Waals surface area contributed by atoms with Crippen LogP contribution in [0.5, 0.6) is 5.75 Å². The van der Waals surface area contributed by atoms with Gasteiger partial charge in [0.2, 0.25) is 0 Å². The number of rotatable bonds is 5. The fourth-order valence-electron chi connectivity index (χ4n) is 2.15. The van der Waals surface area contributed by atoms with Gasteiger partial charge in [0.25, 0.3) is 0 Å². The molecular formula is C17H15BrN2O4. The number of hydrogen-bond donors (Lipinski definition) is 1. The number of nitrogens with zero attached hydrogens (tertiary/aromatic N) is 2. The molecule has 1 unspecified atom stereocenters. The van der Waals surface area contributed by atoms with Crippen molar-refractivity contribution in [3.8, 4) is 5.75 Å². The molecule has 0 fully saturated rings. The second kappa shape index (κ2) is 6.52. The van der Waals surface area contributed by atoms with Crippen molar-refractivity contribution in [2.45, 2.75) is 13.0 Å². The van der Waals surface area contributed by atoms with E-state index in [0.717, 1.165) is 15.7 Å². The van der Waals surface area contributed by atoms with Gasteiger partial charge in [-0.15, -0.1) is 0 Å². The molecule has 0 bridgehead atoms. The van der Waals surface area contributed by atoms with Crippen LogP contribution in [0, 0.1) is 0 Å². The Morgan fingerprint density at radius 1 is 1.29 bits per heavy atom. The zero-order valence-electron chi connectivity index (χ0n) is 13.1. The van der Waals surface area contributed by atoms with Gasteiger partial charge in [-0.05, 0) is 49.4 Å². The molecule has 1 aromatic heterocycles. The Labute approximate surface area is 146 Å². The van der Waals surface area contributed by atoms with Crippen LogP contribution in [0.3, 0.4) is 0 Å². The molecule has 0 saturated carbocycles. The number of fused-ring (bicyclic) bond motifs is 1. The van der Waals surface area contributed by atoms with E-state index >= 15 is 0 Å². The lowest BCUT2D eigenvalue weighted by molar-refractivity contribution is -0.144. The number of carboxylic acids is 1. The van der Waals surface area contributed by atoms with E-state index in [0.29, 0.717) is 17.3 Å². The smallest absolute Gasteiger partial charge is 0.344 e.